The number of carbonyl (C=O) groups excluding carboxylic acids is 1. The quantitative estimate of drug-likeness (QED) is 0.789. The van der Waals surface area contributed by atoms with Crippen LogP contribution in [0.3, 0.4) is 0 Å². The van der Waals surface area contributed by atoms with Crippen LogP contribution in [0.2, 0.25) is 0 Å². The number of amides is 1. The molecule has 1 heterocycles. The molecule has 2 N–H and O–H groups in total. The predicted octanol–water partition coefficient (Wildman–Crippen LogP) is 0.469. The smallest absolute Gasteiger partial charge is 0.224 e. The molecule has 0 radical (unpaired) electrons. The van der Waals surface area contributed by atoms with Gasteiger partial charge in [-0.3, -0.25) is 4.79 Å². The van der Waals surface area contributed by atoms with Crippen molar-refractivity contribution >= 4 is 15.9 Å². The minimum absolute atomic E-state index is 0.137. The number of piperidine rings is 1. The van der Waals surface area contributed by atoms with Gasteiger partial charge in [0.2, 0.25) is 15.9 Å². The first-order chi connectivity index (χ1) is 9.80. The van der Waals surface area contributed by atoms with Gasteiger partial charge in [0, 0.05) is 19.6 Å². The second kappa shape index (κ2) is 6.62. The van der Waals surface area contributed by atoms with Gasteiger partial charge in [0.25, 0.3) is 0 Å². The third-order valence-corrected chi connectivity index (χ3v) is 5.87. The van der Waals surface area contributed by atoms with Gasteiger partial charge in [-0.15, -0.1) is 0 Å². The van der Waals surface area contributed by atoms with E-state index in [9.17, 15) is 18.3 Å². The fraction of sp³-hybridized carbons (Fsp3) is 0.929. The van der Waals surface area contributed by atoms with Crippen molar-refractivity contribution in [1.29, 1.82) is 0 Å². The van der Waals surface area contributed by atoms with Crippen molar-refractivity contribution in [3.8, 4) is 0 Å². The zero-order valence-electron chi connectivity index (χ0n) is 12.7. The Balaban J connectivity index is 1.85. The van der Waals surface area contributed by atoms with Crippen LogP contribution in [0.5, 0.6) is 0 Å². The van der Waals surface area contributed by atoms with Crippen LogP contribution in [-0.2, 0) is 14.8 Å². The Morgan fingerprint density at radius 3 is 2.57 bits per heavy atom. The van der Waals surface area contributed by atoms with Gasteiger partial charge >= 0.3 is 0 Å². The number of rotatable bonds is 4. The van der Waals surface area contributed by atoms with Crippen molar-refractivity contribution in [2.75, 3.05) is 25.9 Å². The van der Waals surface area contributed by atoms with Crippen molar-refractivity contribution < 1.29 is 18.3 Å². The lowest BCUT2D eigenvalue weighted by molar-refractivity contribution is -0.127. The lowest BCUT2D eigenvalue weighted by Crippen LogP contribution is -2.49. The Morgan fingerprint density at radius 2 is 1.95 bits per heavy atom. The molecule has 21 heavy (non-hydrogen) atoms. The summed E-state index contributed by atoms with van der Waals surface area (Å²) in [7, 11) is -3.24. The number of nitrogens with zero attached hydrogens (tertiary/aromatic N) is 1. The molecule has 0 aromatic heterocycles. The van der Waals surface area contributed by atoms with Gasteiger partial charge in [0.15, 0.2) is 0 Å². The van der Waals surface area contributed by atoms with Gasteiger partial charge in [-0.05, 0) is 25.7 Å². The van der Waals surface area contributed by atoms with E-state index in [1.54, 1.807) is 0 Å². The molecule has 2 aliphatic rings. The van der Waals surface area contributed by atoms with Crippen LogP contribution in [0.25, 0.3) is 0 Å². The van der Waals surface area contributed by atoms with Gasteiger partial charge < -0.3 is 10.4 Å². The van der Waals surface area contributed by atoms with Crippen LogP contribution in [0, 0.1) is 5.92 Å². The fourth-order valence-corrected chi connectivity index (χ4v) is 4.15. The maximum absolute atomic E-state index is 12.2. The summed E-state index contributed by atoms with van der Waals surface area (Å²) in [6, 6.07) is 0. The fourth-order valence-electron chi connectivity index (χ4n) is 3.24. The van der Waals surface area contributed by atoms with E-state index in [-0.39, 0.29) is 24.9 Å². The largest absolute Gasteiger partial charge is 0.388 e. The minimum Gasteiger partial charge on any atom is -0.388 e. The Hall–Kier alpha value is -0.660. The first-order valence-electron chi connectivity index (χ1n) is 7.75. The van der Waals surface area contributed by atoms with Crippen molar-refractivity contribution in [2.24, 2.45) is 5.92 Å². The van der Waals surface area contributed by atoms with Crippen molar-refractivity contribution in [1.82, 2.24) is 9.62 Å². The van der Waals surface area contributed by atoms with E-state index >= 15 is 0 Å². The highest BCUT2D eigenvalue weighted by molar-refractivity contribution is 7.88. The minimum atomic E-state index is -3.24. The number of carbonyl (C=O) groups is 1. The molecule has 1 aliphatic carbocycles. The summed E-state index contributed by atoms with van der Waals surface area (Å²) in [5.74, 6) is -0.442. The molecule has 1 saturated heterocycles. The average molecular weight is 318 g/mol. The Bertz CT molecular complexity index is 471. The molecular formula is C14H26N2O4S. The lowest BCUT2D eigenvalue weighted by atomic mass is 9.84. The Labute approximate surface area is 126 Å². The molecule has 0 aromatic rings. The van der Waals surface area contributed by atoms with Crippen LogP contribution in [0.4, 0.5) is 0 Å². The highest BCUT2D eigenvalue weighted by Crippen LogP contribution is 2.27. The van der Waals surface area contributed by atoms with Crippen molar-refractivity contribution in [3.63, 3.8) is 0 Å². The molecule has 0 aromatic carbocycles. The summed E-state index contributed by atoms with van der Waals surface area (Å²) in [5.41, 5.74) is -0.779. The van der Waals surface area contributed by atoms with Gasteiger partial charge in [0.1, 0.15) is 0 Å². The molecule has 1 aliphatic heterocycles. The molecule has 1 unspecified atom stereocenters. The molecule has 2 rings (SSSR count). The predicted molar refractivity (Wildman–Crippen MR) is 80.2 cm³/mol. The third-order valence-electron chi connectivity index (χ3n) is 4.60. The van der Waals surface area contributed by atoms with E-state index in [0.29, 0.717) is 19.4 Å². The van der Waals surface area contributed by atoms with E-state index in [4.69, 9.17) is 0 Å². The number of hydrogen-bond donors (Lipinski definition) is 2. The molecular weight excluding hydrogens is 292 g/mol. The van der Waals surface area contributed by atoms with E-state index < -0.39 is 15.6 Å². The number of nitrogens with one attached hydrogen (secondary N) is 1. The van der Waals surface area contributed by atoms with E-state index in [1.807, 2.05) is 0 Å². The monoisotopic (exact) mass is 318 g/mol. The topological polar surface area (TPSA) is 86.7 Å². The Kier molecular flexibility index (Phi) is 5.27. The molecule has 0 spiro atoms. The molecule has 6 nitrogen and oxygen atoms in total. The number of aliphatic hydroxyl groups is 1. The highest BCUT2D eigenvalue weighted by Gasteiger charge is 2.33. The van der Waals surface area contributed by atoms with Gasteiger partial charge in [-0.25, -0.2) is 12.7 Å². The summed E-state index contributed by atoms with van der Waals surface area (Å²) in [6.07, 6.45) is 7.18. The summed E-state index contributed by atoms with van der Waals surface area (Å²) in [4.78, 5) is 12.2. The van der Waals surface area contributed by atoms with E-state index in [0.717, 1.165) is 32.1 Å². The third kappa shape index (κ3) is 4.66. The van der Waals surface area contributed by atoms with E-state index in [2.05, 4.69) is 5.32 Å². The van der Waals surface area contributed by atoms with Gasteiger partial charge in [-0.2, -0.15) is 0 Å². The molecule has 0 bridgehead atoms. The first-order valence-corrected chi connectivity index (χ1v) is 9.60. The molecule has 1 amide bonds. The first kappa shape index (κ1) is 16.7. The number of sulfonamides is 1. The zero-order chi connectivity index (χ0) is 15.5. The maximum atomic E-state index is 12.2. The standard InChI is InChI=1S/C14H26N2O4S/c1-21(19,20)16-9-5-6-12(10-16)13(17)15-11-14(18)7-3-2-4-8-14/h12,18H,2-11H2,1H3,(H,15,17). The Morgan fingerprint density at radius 1 is 1.29 bits per heavy atom. The second-order valence-corrected chi connectivity index (χ2v) is 8.45. The summed E-state index contributed by atoms with van der Waals surface area (Å²) in [5, 5.41) is 13.2. The second-order valence-electron chi connectivity index (χ2n) is 6.46. The average Bonchev–Trinajstić information content (AvgIpc) is 2.45. The summed E-state index contributed by atoms with van der Waals surface area (Å²) >= 11 is 0. The highest BCUT2D eigenvalue weighted by atomic mass is 32.2. The molecule has 1 saturated carbocycles. The number of hydrogen-bond acceptors (Lipinski definition) is 4. The molecule has 122 valence electrons. The van der Waals surface area contributed by atoms with Crippen LogP contribution in [-0.4, -0.2) is 55.2 Å². The van der Waals surface area contributed by atoms with Crippen molar-refractivity contribution in [3.05, 3.63) is 0 Å². The van der Waals surface area contributed by atoms with Crippen LogP contribution in [0.1, 0.15) is 44.9 Å². The van der Waals surface area contributed by atoms with Crippen LogP contribution < -0.4 is 5.32 Å². The summed E-state index contributed by atoms with van der Waals surface area (Å²) in [6.45, 7) is 1.02. The zero-order valence-corrected chi connectivity index (χ0v) is 13.5. The van der Waals surface area contributed by atoms with Crippen LogP contribution in [0.15, 0.2) is 0 Å². The van der Waals surface area contributed by atoms with Crippen LogP contribution >= 0.6 is 0 Å². The molecule has 2 fully saturated rings. The molecule has 1 atom stereocenters. The lowest BCUT2D eigenvalue weighted by Gasteiger charge is -2.34. The normalized spacial score (nSPS) is 27.2. The maximum Gasteiger partial charge on any atom is 0.224 e. The van der Waals surface area contributed by atoms with Gasteiger partial charge in [0.05, 0.1) is 17.8 Å². The summed E-state index contributed by atoms with van der Waals surface area (Å²) < 4.78 is 24.5. The van der Waals surface area contributed by atoms with Crippen molar-refractivity contribution in [2.45, 2.75) is 50.5 Å². The van der Waals surface area contributed by atoms with E-state index in [1.165, 1.54) is 10.6 Å². The SMILES string of the molecule is CS(=O)(=O)N1CCCC(C(=O)NCC2(O)CCCCC2)C1. The van der Waals surface area contributed by atoms with Gasteiger partial charge in [-0.1, -0.05) is 19.3 Å². The molecule has 7 heteroatoms.